The second kappa shape index (κ2) is 11.2. The van der Waals surface area contributed by atoms with Gasteiger partial charge in [0.05, 0.1) is 32.0 Å². The van der Waals surface area contributed by atoms with Gasteiger partial charge in [-0.15, -0.1) is 0 Å². The van der Waals surface area contributed by atoms with Gasteiger partial charge < -0.3 is 34.1 Å². The fourth-order valence-electron chi connectivity index (χ4n) is 4.22. The third-order valence-electron chi connectivity index (χ3n) is 6.17. The molecule has 8 nitrogen and oxygen atoms in total. The number of anilines is 1. The van der Waals surface area contributed by atoms with Gasteiger partial charge in [0.15, 0.2) is 16.6 Å². The topological polar surface area (TPSA) is 85.1 Å². The van der Waals surface area contributed by atoms with Crippen LogP contribution in [0.4, 0.5) is 5.69 Å². The highest BCUT2D eigenvalue weighted by Gasteiger charge is 2.18. The van der Waals surface area contributed by atoms with E-state index < -0.39 is 0 Å². The molecule has 196 valence electrons. The zero-order valence-electron chi connectivity index (χ0n) is 20.9. The van der Waals surface area contributed by atoms with Crippen LogP contribution >= 0.6 is 23.8 Å². The van der Waals surface area contributed by atoms with Crippen LogP contribution in [-0.2, 0) is 13.1 Å². The molecule has 4 aromatic rings. The highest BCUT2D eigenvalue weighted by molar-refractivity contribution is 7.80. The second-order valence-corrected chi connectivity index (χ2v) is 9.51. The van der Waals surface area contributed by atoms with Crippen LogP contribution in [0.25, 0.3) is 10.9 Å². The molecule has 0 spiro atoms. The Morgan fingerprint density at radius 1 is 1.00 bits per heavy atom. The van der Waals surface area contributed by atoms with Crippen LogP contribution in [0.15, 0.2) is 65.5 Å². The molecule has 0 amide bonds. The fourth-order valence-corrected chi connectivity index (χ4v) is 4.58. The van der Waals surface area contributed by atoms with Crippen molar-refractivity contribution < 1.29 is 18.9 Å². The van der Waals surface area contributed by atoms with Gasteiger partial charge in [0, 0.05) is 34.6 Å². The molecule has 2 heterocycles. The smallest absolute Gasteiger partial charge is 0.253 e. The molecule has 5 rings (SSSR count). The van der Waals surface area contributed by atoms with E-state index in [1.807, 2.05) is 53.4 Å². The number of fused-ring (bicyclic) bond motifs is 2. The number of rotatable bonds is 7. The Labute approximate surface area is 230 Å². The first-order valence-corrected chi connectivity index (χ1v) is 12.7. The average Bonchev–Trinajstić information content (AvgIpc) is 2.93. The van der Waals surface area contributed by atoms with Crippen LogP contribution in [0.2, 0.25) is 5.02 Å². The van der Waals surface area contributed by atoms with Crippen LogP contribution in [0.3, 0.4) is 0 Å². The molecule has 1 aliphatic heterocycles. The lowest BCUT2D eigenvalue weighted by atomic mass is 10.1. The van der Waals surface area contributed by atoms with E-state index in [4.69, 9.17) is 42.8 Å². The van der Waals surface area contributed by atoms with Gasteiger partial charge in [-0.1, -0.05) is 23.7 Å². The predicted molar refractivity (Wildman–Crippen MR) is 152 cm³/mol. The first-order chi connectivity index (χ1) is 18.4. The number of nitrogens with one attached hydrogen (secondary N) is 2. The number of pyridine rings is 1. The largest absolute Gasteiger partial charge is 0.497 e. The number of H-pyrrole nitrogens is 1. The maximum absolute atomic E-state index is 13.1. The Morgan fingerprint density at radius 2 is 1.74 bits per heavy atom. The Kier molecular flexibility index (Phi) is 7.57. The van der Waals surface area contributed by atoms with Gasteiger partial charge in [-0.2, -0.15) is 0 Å². The average molecular weight is 552 g/mol. The van der Waals surface area contributed by atoms with Crippen molar-refractivity contribution in [2.45, 2.75) is 13.1 Å². The van der Waals surface area contributed by atoms with Crippen LogP contribution < -0.4 is 29.8 Å². The number of aromatic amines is 1. The normalized spacial score (nSPS) is 12.2. The zero-order chi connectivity index (χ0) is 26.6. The Balaban J connectivity index is 1.47. The van der Waals surface area contributed by atoms with E-state index in [0.717, 1.165) is 10.9 Å². The number of methoxy groups -OCH3 is 2. The summed E-state index contributed by atoms with van der Waals surface area (Å²) in [6.07, 6.45) is 0. The number of nitrogens with zero attached hydrogens (tertiary/aromatic N) is 1. The summed E-state index contributed by atoms with van der Waals surface area (Å²) in [6.45, 7) is 1.66. The van der Waals surface area contributed by atoms with Crippen LogP contribution in [-0.4, -0.2) is 42.4 Å². The molecule has 1 aromatic heterocycles. The van der Waals surface area contributed by atoms with Crippen molar-refractivity contribution in [2.24, 2.45) is 0 Å². The van der Waals surface area contributed by atoms with Crippen molar-refractivity contribution in [1.82, 2.24) is 9.88 Å². The van der Waals surface area contributed by atoms with E-state index in [0.29, 0.717) is 69.7 Å². The summed E-state index contributed by atoms with van der Waals surface area (Å²) in [6, 6.07) is 18.5. The van der Waals surface area contributed by atoms with Crippen LogP contribution in [0.1, 0.15) is 11.1 Å². The lowest BCUT2D eigenvalue weighted by Gasteiger charge is -2.27. The predicted octanol–water partition coefficient (Wildman–Crippen LogP) is 5.37. The molecule has 2 N–H and O–H groups in total. The molecule has 0 aliphatic carbocycles. The summed E-state index contributed by atoms with van der Waals surface area (Å²) in [5.41, 5.74) is 2.68. The Morgan fingerprint density at radius 3 is 2.45 bits per heavy atom. The fraction of sp³-hybridized carbons (Fsp3) is 0.214. The van der Waals surface area contributed by atoms with Gasteiger partial charge >= 0.3 is 0 Å². The quantitative estimate of drug-likeness (QED) is 0.297. The van der Waals surface area contributed by atoms with Crippen molar-refractivity contribution in [3.05, 3.63) is 87.2 Å². The molecular formula is C28H26ClN3O5S. The molecule has 0 saturated heterocycles. The minimum Gasteiger partial charge on any atom is -0.497 e. The van der Waals surface area contributed by atoms with E-state index in [2.05, 4.69) is 10.3 Å². The van der Waals surface area contributed by atoms with Crippen molar-refractivity contribution >= 4 is 45.5 Å². The lowest BCUT2D eigenvalue weighted by Crippen LogP contribution is -2.35. The molecule has 0 atom stereocenters. The third-order valence-corrected chi connectivity index (χ3v) is 6.78. The number of benzene rings is 3. The summed E-state index contributed by atoms with van der Waals surface area (Å²) < 4.78 is 22.2. The Hall–Kier alpha value is -3.95. The van der Waals surface area contributed by atoms with Crippen molar-refractivity contribution in [3.63, 3.8) is 0 Å². The molecule has 0 saturated carbocycles. The molecule has 0 unspecified atom stereocenters. The number of ether oxygens (including phenoxy) is 4. The Bertz CT molecular complexity index is 1540. The van der Waals surface area contributed by atoms with Gasteiger partial charge in [0.1, 0.15) is 24.7 Å². The minimum atomic E-state index is -0.208. The summed E-state index contributed by atoms with van der Waals surface area (Å²) in [5, 5.41) is 5.17. The van der Waals surface area contributed by atoms with Crippen molar-refractivity contribution in [2.75, 3.05) is 32.8 Å². The molecular weight excluding hydrogens is 526 g/mol. The number of hydrogen-bond donors (Lipinski definition) is 2. The number of hydrogen-bond acceptors (Lipinski definition) is 6. The monoisotopic (exact) mass is 551 g/mol. The molecule has 0 fully saturated rings. The maximum Gasteiger partial charge on any atom is 0.253 e. The minimum absolute atomic E-state index is 0.208. The molecule has 0 radical (unpaired) electrons. The second-order valence-electron chi connectivity index (χ2n) is 8.69. The van der Waals surface area contributed by atoms with Gasteiger partial charge in [-0.3, -0.25) is 4.79 Å². The first-order valence-electron chi connectivity index (χ1n) is 11.9. The molecule has 0 bridgehead atoms. The van der Waals surface area contributed by atoms with Gasteiger partial charge in [-0.25, -0.2) is 0 Å². The van der Waals surface area contributed by atoms with Gasteiger partial charge in [-0.05, 0) is 54.2 Å². The molecule has 1 aliphatic rings. The van der Waals surface area contributed by atoms with Gasteiger partial charge in [0.25, 0.3) is 5.56 Å². The summed E-state index contributed by atoms with van der Waals surface area (Å²) in [4.78, 5) is 18.0. The number of thiocarbonyl (C=S) groups is 1. The van der Waals surface area contributed by atoms with E-state index >= 15 is 0 Å². The summed E-state index contributed by atoms with van der Waals surface area (Å²) >= 11 is 11.9. The zero-order valence-corrected chi connectivity index (χ0v) is 22.4. The van der Waals surface area contributed by atoms with E-state index in [9.17, 15) is 4.79 Å². The maximum atomic E-state index is 13.1. The SMILES string of the molecule is COc1ccc(NC(=S)N(Cc2ccc(Cl)cc2)Cc2cc3cc4c(cc3[nH]c2=O)OCCO4)c(OC)c1. The van der Waals surface area contributed by atoms with Crippen molar-refractivity contribution in [3.8, 4) is 23.0 Å². The number of aromatic nitrogens is 1. The van der Waals surface area contributed by atoms with E-state index in [-0.39, 0.29) is 12.1 Å². The third kappa shape index (κ3) is 5.64. The molecule has 10 heteroatoms. The molecule has 38 heavy (non-hydrogen) atoms. The van der Waals surface area contributed by atoms with Crippen molar-refractivity contribution in [1.29, 1.82) is 0 Å². The van der Waals surface area contributed by atoms with Crippen LogP contribution in [0, 0.1) is 0 Å². The number of halogens is 1. The summed E-state index contributed by atoms with van der Waals surface area (Å²) in [5.74, 6) is 2.52. The van der Waals surface area contributed by atoms with Crippen LogP contribution in [0.5, 0.6) is 23.0 Å². The van der Waals surface area contributed by atoms with E-state index in [1.54, 1.807) is 26.4 Å². The summed E-state index contributed by atoms with van der Waals surface area (Å²) in [7, 11) is 3.17. The molecule has 3 aromatic carbocycles. The highest BCUT2D eigenvalue weighted by Crippen LogP contribution is 2.34. The first kappa shape index (κ1) is 25.7. The lowest BCUT2D eigenvalue weighted by molar-refractivity contribution is 0.172. The van der Waals surface area contributed by atoms with Gasteiger partial charge in [0.2, 0.25) is 0 Å². The highest BCUT2D eigenvalue weighted by atomic mass is 35.5. The standard InChI is InChI=1S/C28H26ClN3O5S/c1-34-21-7-8-22(24(13-21)35-2)31-28(38)32(15-17-3-5-20(29)6-4-17)16-19-11-18-12-25-26(37-10-9-36-25)14-23(18)30-27(19)33/h3-8,11-14H,9-10,15-16H2,1-2H3,(H,30,33)(H,31,38). The van der Waals surface area contributed by atoms with E-state index in [1.165, 1.54) is 0 Å².